The molecule has 1 amide bonds. The Morgan fingerprint density at radius 1 is 0.900 bits per heavy atom. The molecular formula is C14H25NO3SV. The van der Waals surface area contributed by atoms with E-state index >= 15 is 0 Å². The van der Waals surface area contributed by atoms with Gasteiger partial charge in [-0.05, 0) is 12.1 Å². The molecule has 0 fully saturated rings. The van der Waals surface area contributed by atoms with Gasteiger partial charge in [-0.3, -0.25) is 4.79 Å². The minimum absolute atomic E-state index is 0. The third-order valence-corrected chi connectivity index (χ3v) is 3.84. The van der Waals surface area contributed by atoms with Crippen molar-refractivity contribution in [2.24, 2.45) is 0 Å². The van der Waals surface area contributed by atoms with E-state index in [-0.39, 0.29) is 29.0 Å². The van der Waals surface area contributed by atoms with Gasteiger partial charge in [-0.15, -0.1) is 0 Å². The summed E-state index contributed by atoms with van der Waals surface area (Å²) in [4.78, 5) is 11.5. The monoisotopic (exact) mass is 338 g/mol. The number of fused-ring (bicyclic) bond motifs is 1. The van der Waals surface area contributed by atoms with Crippen molar-refractivity contribution in [3.05, 3.63) is 29.8 Å². The molecule has 115 valence electrons. The van der Waals surface area contributed by atoms with Crippen LogP contribution in [-0.4, -0.2) is 25.7 Å². The minimum Gasteiger partial charge on any atom is -0.268 e. The first kappa shape index (κ1) is 24.3. The quantitative estimate of drug-likeness (QED) is 0.727. The molecule has 0 spiro atoms. The van der Waals surface area contributed by atoms with Crippen LogP contribution in [0.1, 0.15) is 51.9 Å². The first-order valence-electron chi connectivity index (χ1n) is 6.67. The molecule has 6 heteroatoms. The molecule has 1 aliphatic heterocycles. The summed E-state index contributed by atoms with van der Waals surface area (Å²) < 4.78 is 23.8. The molecule has 0 atom stereocenters. The van der Waals surface area contributed by atoms with Gasteiger partial charge in [0.05, 0.1) is 5.56 Å². The van der Waals surface area contributed by atoms with E-state index < -0.39 is 15.9 Å². The van der Waals surface area contributed by atoms with Gasteiger partial charge in [0.15, 0.2) is 0 Å². The van der Waals surface area contributed by atoms with Crippen LogP contribution in [0.2, 0.25) is 0 Å². The summed E-state index contributed by atoms with van der Waals surface area (Å²) in [5.41, 5.74) is 0.255. The van der Waals surface area contributed by atoms with E-state index in [0.717, 1.165) is 4.31 Å². The predicted octanol–water partition coefficient (Wildman–Crippen LogP) is 3.54. The summed E-state index contributed by atoms with van der Waals surface area (Å²) >= 11 is 0. The molecule has 0 aromatic heterocycles. The maximum Gasteiger partial charge on any atom is 0.268 e. The number of benzene rings is 1. The molecule has 0 aliphatic carbocycles. The molecule has 0 saturated carbocycles. The van der Waals surface area contributed by atoms with Gasteiger partial charge in [-0.25, -0.2) is 12.7 Å². The second kappa shape index (κ2) is 12.0. The SMILES string of the molecule is CC.CC.CC.CN1C(=O)c2ccccc2S1(=O)=O.[V]. The number of nitrogens with zero attached hydrogens (tertiary/aromatic N) is 1. The fourth-order valence-electron chi connectivity index (χ4n) is 1.29. The van der Waals surface area contributed by atoms with Crippen LogP contribution in [0.3, 0.4) is 0 Å². The molecule has 0 N–H and O–H groups in total. The summed E-state index contributed by atoms with van der Waals surface area (Å²) in [5, 5.41) is 0. The minimum atomic E-state index is -3.55. The number of hydrogen-bond donors (Lipinski definition) is 0. The van der Waals surface area contributed by atoms with E-state index in [2.05, 4.69) is 0 Å². The largest absolute Gasteiger partial charge is 0.268 e. The zero-order valence-corrected chi connectivity index (χ0v) is 15.6. The summed E-state index contributed by atoms with van der Waals surface area (Å²) in [5.74, 6) is -0.462. The zero-order chi connectivity index (χ0) is 15.6. The third-order valence-electron chi connectivity index (χ3n) is 2.04. The average molecular weight is 338 g/mol. The van der Waals surface area contributed by atoms with Crippen LogP contribution in [0.4, 0.5) is 0 Å². The van der Waals surface area contributed by atoms with Gasteiger partial charge in [0.1, 0.15) is 4.90 Å². The zero-order valence-electron chi connectivity index (χ0n) is 13.3. The van der Waals surface area contributed by atoms with E-state index in [4.69, 9.17) is 0 Å². The summed E-state index contributed by atoms with van der Waals surface area (Å²) in [6, 6.07) is 6.19. The van der Waals surface area contributed by atoms with Crippen LogP contribution in [0.15, 0.2) is 29.2 Å². The molecule has 1 aromatic rings. The molecule has 1 aliphatic rings. The first-order valence-corrected chi connectivity index (χ1v) is 8.11. The van der Waals surface area contributed by atoms with E-state index in [1.165, 1.54) is 19.2 Å². The molecular weight excluding hydrogens is 313 g/mol. The van der Waals surface area contributed by atoms with E-state index in [9.17, 15) is 13.2 Å². The van der Waals surface area contributed by atoms with E-state index in [1.807, 2.05) is 41.5 Å². The fourth-order valence-corrected chi connectivity index (χ4v) is 2.59. The molecule has 0 unspecified atom stereocenters. The van der Waals surface area contributed by atoms with Gasteiger partial charge < -0.3 is 0 Å². The number of hydrogen-bond acceptors (Lipinski definition) is 3. The Kier molecular flexibility index (Phi) is 14.6. The molecule has 20 heavy (non-hydrogen) atoms. The number of rotatable bonds is 0. The standard InChI is InChI=1S/C8H7NO3S.3C2H6.V/c1-9-8(10)6-4-2-3-5-7(6)13(9,11)12;3*1-2;/h2-5H,1H3;3*1-2H3;. The first-order chi connectivity index (χ1) is 9.05. The van der Waals surface area contributed by atoms with E-state index in [1.54, 1.807) is 12.1 Å². The van der Waals surface area contributed by atoms with Crippen LogP contribution in [-0.2, 0) is 28.6 Å². The van der Waals surface area contributed by atoms with Crippen molar-refractivity contribution in [2.75, 3.05) is 7.05 Å². The number of sulfonamides is 1. The molecule has 1 heterocycles. The Labute approximate surface area is 135 Å². The molecule has 0 bridgehead atoms. The maximum absolute atomic E-state index is 11.5. The maximum atomic E-state index is 11.5. The second-order valence-corrected chi connectivity index (χ2v) is 4.71. The molecule has 0 saturated heterocycles. The number of carbonyl (C=O) groups is 1. The van der Waals surface area contributed by atoms with Gasteiger partial charge in [0.25, 0.3) is 15.9 Å². The predicted molar refractivity (Wildman–Crippen MR) is 79.8 cm³/mol. The van der Waals surface area contributed by atoms with Crippen molar-refractivity contribution in [3.8, 4) is 0 Å². The van der Waals surface area contributed by atoms with Crippen LogP contribution in [0.25, 0.3) is 0 Å². The smallest absolute Gasteiger partial charge is 0.268 e. The van der Waals surface area contributed by atoms with Crippen molar-refractivity contribution < 1.29 is 31.8 Å². The molecule has 4 nitrogen and oxygen atoms in total. The number of carbonyl (C=O) groups excluding carboxylic acids is 1. The van der Waals surface area contributed by atoms with Crippen LogP contribution in [0.5, 0.6) is 0 Å². The van der Waals surface area contributed by atoms with Gasteiger partial charge in [-0.2, -0.15) is 0 Å². The number of amides is 1. The van der Waals surface area contributed by atoms with Crippen molar-refractivity contribution in [1.82, 2.24) is 4.31 Å². The summed E-state index contributed by atoms with van der Waals surface area (Å²) in [7, 11) is -2.29. The van der Waals surface area contributed by atoms with Crippen molar-refractivity contribution >= 4 is 15.9 Å². The van der Waals surface area contributed by atoms with Crippen LogP contribution >= 0.6 is 0 Å². The van der Waals surface area contributed by atoms with Gasteiger partial charge >= 0.3 is 0 Å². The normalized spacial score (nSPS) is 13.2. The van der Waals surface area contributed by atoms with Crippen molar-refractivity contribution in [1.29, 1.82) is 0 Å². The van der Waals surface area contributed by atoms with Gasteiger partial charge in [-0.1, -0.05) is 53.7 Å². The Morgan fingerprint density at radius 2 is 1.30 bits per heavy atom. The molecule has 2 rings (SSSR count). The molecule has 1 aromatic carbocycles. The Bertz CT molecular complexity index is 487. The average Bonchev–Trinajstić information content (AvgIpc) is 2.67. The Hall–Kier alpha value is -0.776. The third kappa shape index (κ3) is 4.96. The second-order valence-electron chi connectivity index (χ2n) is 2.77. The topological polar surface area (TPSA) is 54.5 Å². The summed E-state index contributed by atoms with van der Waals surface area (Å²) in [6.45, 7) is 12.0. The molecule has 1 radical (unpaired) electrons. The van der Waals surface area contributed by atoms with Crippen molar-refractivity contribution in [3.63, 3.8) is 0 Å². The fraction of sp³-hybridized carbons (Fsp3) is 0.500. The summed E-state index contributed by atoms with van der Waals surface area (Å²) in [6.07, 6.45) is 0. The Morgan fingerprint density at radius 3 is 1.70 bits per heavy atom. The van der Waals surface area contributed by atoms with E-state index in [0.29, 0.717) is 0 Å². The van der Waals surface area contributed by atoms with Crippen LogP contribution in [0, 0.1) is 0 Å². The van der Waals surface area contributed by atoms with Crippen LogP contribution < -0.4 is 0 Å². The van der Waals surface area contributed by atoms with Crippen molar-refractivity contribution in [2.45, 2.75) is 46.4 Å². The van der Waals surface area contributed by atoms with Gasteiger partial charge in [0.2, 0.25) is 0 Å². The Balaban J connectivity index is -0.000000368. The van der Waals surface area contributed by atoms with Gasteiger partial charge in [0, 0.05) is 25.6 Å².